The minimum atomic E-state index is -1.27. The fraction of sp³-hybridized carbons (Fsp3) is 0.111. The Morgan fingerprint density at radius 3 is 1.38 bits per heavy atom. The standard InChI is InChI=1S/C5H6O4.2C2H4/c1-3(5(8)9)2-4(6)7;2*1-2/h1-2H2,(H,6,7)(H,8,9);2*1-2H2. The molecule has 0 amide bonds. The highest BCUT2D eigenvalue weighted by Crippen LogP contribution is 1.95. The van der Waals surface area contributed by atoms with E-state index in [1.165, 1.54) is 0 Å². The minimum absolute atomic E-state index is 0.303. The van der Waals surface area contributed by atoms with Gasteiger partial charge in [-0.15, -0.1) is 26.3 Å². The van der Waals surface area contributed by atoms with Gasteiger partial charge in [0.2, 0.25) is 0 Å². The Morgan fingerprint density at radius 1 is 1.00 bits per heavy atom. The van der Waals surface area contributed by atoms with Gasteiger partial charge in [0.25, 0.3) is 0 Å². The van der Waals surface area contributed by atoms with E-state index >= 15 is 0 Å². The Hall–Kier alpha value is -1.84. The molecule has 0 rings (SSSR count). The molecule has 0 aliphatic rings. The summed E-state index contributed by atoms with van der Waals surface area (Å²) in [4.78, 5) is 19.7. The summed E-state index contributed by atoms with van der Waals surface area (Å²) in [5.41, 5.74) is -0.303. The molecule has 0 aliphatic carbocycles. The van der Waals surface area contributed by atoms with Crippen LogP contribution in [0.1, 0.15) is 6.42 Å². The molecule has 0 saturated carbocycles. The predicted octanol–water partition coefficient (Wildman–Crippen LogP) is 1.71. The lowest BCUT2D eigenvalue weighted by Crippen LogP contribution is -2.04. The number of hydrogen-bond acceptors (Lipinski definition) is 2. The molecule has 13 heavy (non-hydrogen) atoms. The topological polar surface area (TPSA) is 74.6 Å². The Bertz CT molecular complexity index is 182. The molecule has 4 nitrogen and oxygen atoms in total. The second-order valence-electron chi connectivity index (χ2n) is 1.48. The SMILES string of the molecule is C=C.C=C.C=C(CC(=O)O)C(=O)O. The van der Waals surface area contributed by atoms with Gasteiger partial charge >= 0.3 is 11.9 Å². The van der Waals surface area contributed by atoms with Gasteiger partial charge in [-0.3, -0.25) is 4.79 Å². The predicted molar refractivity (Wildman–Crippen MR) is 51.5 cm³/mol. The molecule has 74 valence electrons. The Kier molecular flexibility index (Phi) is 17.0. The van der Waals surface area contributed by atoms with Crippen molar-refractivity contribution >= 4 is 11.9 Å². The van der Waals surface area contributed by atoms with Crippen molar-refractivity contribution in [2.45, 2.75) is 6.42 Å². The fourth-order valence-corrected chi connectivity index (χ4v) is 0.258. The molecule has 0 aromatic carbocycles. The molecule has 0 fully saturated rings. The van der Waals surface area contributed by atoms with Crippen molar-refractivity contribution in [3.05, 3.63) is 38.5 Å². The quantitative estimate of drug-likeness (QED) is 0.519. The molecule has 0 heterocycles. The minimum Gasteiger partial charge on any atom is -0.481 e. The second kappa shape index (κ2) is 12.8. The summed E-state index contributed by atoms with van der Waals surface area (Å²) >= 11 is 0. The first kappa shape index (κ1) is 17.3. The van der Waals surface area contributed by atoms with E-state index in [0.29, 0.717) is 0 Å². The van der Waals surface area contributed by atoms with Gasteiger partial charge in [0.1, 0.15) is 0 Å². The van der Waals surface area contributed by atoms with Gasteiger partial charge in [-0.1, -0.05) is 6.58 Å². The molecule has 0 radical (unpaired) electrons. The van der Waals surface area contributed by atoms with E-state index in [2.05, 4.69) is 32.9 Å². The molecule has 0 spiro atoms. The molecule has 0 bridgehead atoms. The summed E-state index contributed by atoms with van der Waals surface area (Å²) in [6.45, 7) is 15.0. The molecule has 0 atom stereocenters. The van der Waals surface area contributed by atoms with Crippen molar-refractivity contribution < 1.29 is 19.8 Å². The maximum Gasteiger partial charge on any atom is 0.331 e. The van der Waals surface area contributed by atoms with Crippen LogP contribution >= 0.6 is 0 Å². The second-order valence-corrected chi connectivity index (χ2v) is 1.48. The molecule has 0 saturated heterocycles. The smallest absolute Gasteiger partial charge is 0.331 e. The third kappa shape index (κ3) is 17.8. The van der Waals surface area contributed by atoms with Crippen LogP contribution in [0.4, 0.5) is 0 Å². The van der Waals surface area contributed by atoms with E-state index in [9.17, 15) is 9.59 Å². The average Bonchev–Trinajstić information content (AvgIpc) is 2.10. The van der Waals surface area contributed by atoms with Crippen molar-refractivity contribution in [3.63, 3.8) is 0 Å². The Balaban J connectivity index is -0.000000218. The lowest BCUT2D eigenvalue weighted by molar-refractivity contribution is -0.139. The first-order valence-electron chi connectivity index (χ1n) is 3.17. The van der Waals surface area contributed by atoms with Crippen LogP contribution in [0.15, 0.2) is 38.5 Å². The number of hydrogen-bond donors (Lipinski definition) is 2. The van der Waals surface area contributed by atoms with Crippen LogP contribution in [0, 0.1) is 0 Å². The van der Waals surface area contributed by atoms with Gasteiger partial charge in [-0.05, 0) is 0 Å². The van der Waals surface area contributed by atoms with Crippen molar-refractivity contribution in [1.82, 2.24) is 0 Å². The number of aliphatic carboxylic acids is 2. The van der Waals surface area contributed by atoms with Gasteiger partial charge in [-0.2, -0.15) is 0 Å². The molecular formula is C9H14O4. The number of carbonyl (C=O) groups is 2. The summed E-state index contributed by atoms with van der Waals surface area (Å²) in [5, 5.41) is 16.1. The van der Waals surface area contributed by atoms with Gasteiger partial charge in [-0.25, -0.2) is 4.79 Å². The third-order valence-corrected chi connectivity index (χ3v) is 0.667. The van der Waals surface area contributed by atoms with Crippen LogP contribution in [-0.4, -0.2) is 22.2 Å². The Morgan fingerprint density at radius 2 is 1.31 bits per heavy atom. The van der Waals surface area contributed by atoms with E-state index in [-0.39, 0.29) is 5.57 Å². The van der Waals surface area contributed by atoms with Crippen LogP contribution in [0.5, 0.6) is 0 Å². The first-order valence-corrected chi connectivity index (χ1v) is 3.17. The molecule has 0 aromatic rings. The van der Waals surface area contributed by atoms with Gasteiger partial charge < -0.3 is 10.2 Å². The van der Waals surface area contributed by atoms with Crippen molar-refractivity contribution in [2.24, 2.45) is 0 Å². The van der Waals surface area contributed by atoms with E-state index < -0.39 is 18.4 Å². The summed E-state index contributed by atoms with van der Waals surface area (Å²) in [6.07, 6.45) is -0.505. The monoisotopic (exact) mass is 186 g/mol. The zero-order valence-electron chi connectivity index (χ0n) is 7.45. The van der Waals surface area contributed by atoms with E-state index in [4.69, 9.17) is 10.2 Å². The highest BCUT2D eigenvalue weighted by Gasteiger charge is 2.07. The lowest BCUT2D eigenvalue weighted by atomic mass is 10.2. The largest absolute Gasteiger partial charge is 0.481 e. The van der Waals surface area contributed by atoms with Crippen molar-refractivity contribution in [1.29, 1.82) is 0 Å². The molecule has 0 unspecified atom stereocenters. The third-order valence-electron chi connectivity index (χ3n) is 0.667. The van der Waals surface area contributed by atoms with E-state index in [1.54, 1.807) is 0 Å². The number of carboxylic acid groups (broad SMARTS) is 2. The van der Waals surface area contributed by atoms with Crippen LogP contribution in [0.3, 0.4) is 0 Å². The molecule has 0 aromatic heterocycles. The highest BCUT2D eigenvalue weighted by molar-refractivity contribution is 5.91. The average molecular weight is 186 g/mol. The van der Waals surface area contributed by atoms with E-state index in [0.717, 1.165) is 0 Å². The van der Waals surface area contributed by atoms with Crippen LogP contribution < -0.4 is 0 Å². The first-order chi connectivity index (χ1) is 6.04. The van der Waals surface area contributed by atoms with Crippen LogP contribution in [0.25, 0.3) is 0 Å². The lowest BCUT2D eigenvalue weighted by Gasteiger charge is -1.91. The summed E-state index contributed by atoms with van der Waals surface area (Å²) in [6, 6.07) is 0. The molecular weight excluding hydrogens is 172 g/mol. The van der Waals surface area contributed by atoms with Gasteiger partial charge in [0, 0.05) is 5.57 Å². The number of carboxylic acids is 2. The summed E-state index contributed by atoms with van der Waals surface area (Å²) < 4.78 is 0. The van der Waals surface area contributed by atoms with Gasteiger partial charge in [0.05, 0.1) is 6.42 Å². The molecule has 4 heteroatoms. The van der Waals surface area contributed by atoms with Gasteiger partial charge in [0.15, 0.2) is 0 Å². The fourth-order valence-electron chi connectivity index (χ4n) is 0.258. The highest BCUT2D eigenvalue weighted by atomic mass is 16.4. The Labute approximate surface area is 77.5 Å². The van der Waals surface area contributed by atoms with Crippen molar-refractivity contribution in [3.8, 4) is 0 Å². The maximum atomic E-state index is 9.87. The normalized spacial score (nSPS) is 6.46. The number of rotatable bonds is 3. The zero-order valence-corrected chi connectivity index (χ0v) is 7.45. The van der Waals surface area contributed by atoms with Crippen LogP contribution in [-0.2, 0) is 9.59 Å². The van der Waals surface area contributed by atoms with Crippen LogP contribution in [0.2, 0.25) is 0 Å². The van der Waals surface area contributed by atoms with Crippen molar-refractivity contribution in [2.75, 3.05) is 0 Å². The maximum absolute atomic E-state index is 9.87. The summed E-state index contributed by atoms with van der Waals surface area (Å²) in [7, 11) is 0. The molecule has 0 aliphatic heterocycles. The van der Waals surface area contributed by atoms with E-state index in [1.807, 2.05) is 0 Å². The summed E-state index contributed by atoms with van der Waals surface area (Å²) in [5.74, 6) is -2.44. The molecule has 2 N–H and O–H groups in total. The zero-order chi connectivity index (χ0) is 11.4.